The molecule has 2 saturated heterocycles. The number of piperazine rings is 1. The van der Waals surface area contributed by atoms with E-state index in [4.69, 9.17) is 4.74 Å². The molecule has 0 radical (unpaired) electrons. The van der Waals surface area contributed by atoms with Crippen molar-refractivity contribution in [3.05, 3.63) is 84.4 Å². The van der Waals surface area contributed by atoms with E-state index < -0.39 is 4.87 Å². The number of thioether (sulfide) groups is 1. The number of para-hydroxylation sites is 2. The van der Waals surface area contributed by atoms with Crippen LogP contribution in [0.4, 0.5) is 17.1 Å². The predicted molar refractivity (Wildman–Crippen MR) is 153 cm³/mol. The number of carbonyl (C=O) groups excluding carboxylic acids is 2. The van der Waals surface area contributed by atoms with E-state index in [1.807, 2.05) is 73.3 Å². The number of hydrogen-bond donors (Lipinski definition) is 0. The van der Waals surface area contributed by atoms with Crippen molar-refractivity contribution in [3.8, 4) is 5.75 Å². The molecule has 0 unspecified atom stereocenters. The lowest BCUT2D eigenvalue weighted by molar-refractivity contribution is -0.124. The maximum absolute atomic E-state index is 14.4. The van der Waals surface area contributed by atoms with E-state index in [1.165, 1.54) is 17.4 Å². The summed E-state index contributed by atoms with van der Waals surface area (Å²) in [4.78, 5) is 35.2. The van der Waals surface area contributed by atoms with E-state index >= 15 is 0 Å². The second-order valence-electron chi connectivity index (χ2n) is 9.84. The lowest BCUT2D eigenvalue weighted by Gasteiger charge is -2.38. The third-order valence-corrected chi connectivity index (χ3v) is 9.04. The first-order chi connectivity index (χ1) is 18.5. The van der Waals surface area contributed by atoms with Crippen LogP contribution in [0.1, 0.15) is 19.4 Å². The Morgan fingerprint density at radius 1 is 0.868 bits per heavy atom. The standard InChI is InChI=1S/C30H32N4O3S/c1-3-37-25-15-13-24(14-16-25)34-28(35)22(2)38-30(34)26-11-7-8-12-27(26)33(29(30)36)21-31-17-19-32(20-18-31)23-9-5-4-6-10-23/h4-16,22H,3,17-21H2,1-2H3/t22-,30+/m1/s1. The smallest absolute Gasteiger partial charge is 0.269 e. The van der Waals surface area contributed by atoms with Crippen molar-refractivity contribution in [3.63, 3.8) is 0 Å². The number of fused-ring (bicyclic) bond motifs is 2. The van der Waals surface area contributed by atoms with Crippen molar-refractivity contribution in [2.24, 2.45) is 0 Å². The summed E-state index contributed by atoms with van der Waals surface area (Å²) in [5.74, 6) is 0.633. The molecule has 3 aromatic carbocycles. The second-order valence-corrected chi connectivity index (χ2v) is 11.4. The third-order valence-electron chi connectivity index (χ3n) is 7.57. The Labute approximate surface area is 228 Å². The van der Waals surface area contributed by atoms with Crippen molar-refractivity contribution in [2.45, 2.75) is 24.0 Å². The van der Waals surface area contributed by atoms with Crippen LogP contribution in [0.2, 0.25) is 0 Å². The average molecular weight is 529 g/mol. The number of nitrogens with zero attached hydrogens (tertiary/aromatic N) is 4. The molecule has 6 rings (SSSR count). The van der Waals surface area contributed by atoms with Gasteiger partial charge in [0.25, 0.3) is 5.91 Å². The fourth-order valence-corrected chi connectivity index (χ4v) is 7.25. The fourth-order valence-electron chi connectivity index (χ4n) is 5.72. The second kappa shape index (κ2) is 10.0. The first-order valence-corrected chi connectivity index (χ1v) is 14.1. The molecule has 3 heterocycles. The molecule has 1 spiro atoms. The molecule has 38 heavy (non-hydrogen) atoms. The minimum Gasteiger partial charge on any atom is -0.494 e. The van der Waals surface area contributed by atoms with Gasteiger partial charge in [0, 0.05) is 43.1 Å². The molecule has 0 bridgehead atoms. The Morgan fingerprint density at radius 2 is 1.55 bits per heavy atom. The minimum absolute atomic E-state index is 0.0548. The Morgan fingerprint density at radius 3 is 2.26 bits per heavy atom. The van der Waals surface area contributed by atoms with Crippen LogP contribution in [0, 0.1) is 0 Å². The zero-order valence-electron chi connectivity index (χ0n) is 21.7. The summed E-state index contributed by atoms with van der Waals surface area (Å²) < 4.78 is 5.61. The molecule has 0 aromatic heterocycles. The van der Waals surface area contributed by atoms with Crippen molar-refractivity contribution in [2.75, 3.05) is 54.2 Å². The highest BCUT2D eigenvalue weighted by Gasteiger charge is 2.63. The molecule has 8 heteroatoms. The van der Waals surface area contributed by atoms with Crippen LogP contribution in [0.3, 0.4) is 0 Å². The number of rotatable bonds is 6. The predicted octanol–water partition coefficient (Wildman–Crippen LogP) is 4.53. The number of hydrogen-bond acceptors (Lipinski definition) is 6. The highest BCUT2D eigenvalue weighted by atomic mass is 32.2. The van der Waals surface area contributed by atoms with Gasteiger partial charge in [0.2, 0.25) is 10.8 Å². The van der Waals surface area contributed by atoms with Crippen LogP contribution in [0.15, 0.2) is 78.9 Å². The zero-order chi connectivity index (χ0) is 26.3. The zero-order valence-corrected chi connectivity index (χ0v) is 22.6. The lowest BCUT2D eigenvalue weighted by Crippen LogP contribution is -2.54. The molecule has 3 aromatic rings. The van der Waals surface area contributed by atoms with Gasteiger partial charge >= 0.3 is 0 Å². The van der Waals surface area contributed by atoms with Gasteiger partial charge < -0.3 is 9.64 Å². The number of anilines is 3. The van der Waals surface area contributed by atoms with Gasteiger partial charge in [-0.2, -0.15) is 0 Å². The van der Waals surface area contributed by atoms with Gasteiger partial charge in [-0.3, -0.25) is 24.3 Å². The molecule has 3 aliphatic rings. The van der Waals surface area contributed by atoms with E-state index in [0.717, 1.165) is 43.2 Å². The van der Waals surface area contributed by atoms with Gasteiger partial charge in [-0.15, -0.1) is 11.8 Å². The van der Waals surface area contributed by atoms with Crippen LogP contribution >= 0.6 is 11.8 Å². The van der Waals surface area contributed by atoms with Gasteiger partial charge in [0.1, 0.15) is 5.75 Å². The molecule has 0 saturated carbocycles. The number of carbonyl (C=O) groups is 2. The normalized spacial score (nSPS) is 23.4. The van der Waals surface area contributed by atoms with E-state index in [-0.39, 0.29) is 17.1 Å². The van der Waals surface area contributed by atoms with Gasteiger partial charge in [0.15, 0.2) is 0 Å². The Kier molecular flexibility index (Phi) is 6.53. The lowest BCUT2D eigenvalue weighted by atomic mass is 10.0. The third kappa shape index (κ3) is 4.03. The van der Waals surface area contributed by atoms with Crippen LogP contribution in [0.5, 0.6) is 5.75 Å². The van der Waals surface area contributed by atoms with Gasteiger partial charge in [-0.25, -0.2) is 0 Å². The molecule has 0 N–H and O–H groups in total. The van der Waals surface area contributed by atoms with Crippen molar-refractivity contribution in [1.82, 2.24) is 4.90 Å². The summed E-state index contributed by atoms with van der Waals surface area (Å²) in [6.45, 7) is 8.43. The average Bonchev–Trinajstić information content (AvgIpc) is 3.35. The van der Waals surface area contributed by atoms with Crippen molar-refractivity contribution >= 4 is 40.6 Å². The first-order valence-electron chi connectivity index (χ1n) is 13.2. The maximum Gasteiger partial charge on any atom is 0.269 e. The summed E-state index contributed by atoms with van der Waals surface area (Å²) in [7, 11) is 0. The molecular formula is C30H32N4O3S. The summed E-state index contributed by atoms with van der Waals surface area (Å²) in [6, 6.07) is 25.9. The maximum atomic E-state index is 14.4. The number of ether oxygens (including phenoxy) is 1. The largest absolute Gasteiger partial charge is 0.494 e. The molecule has 2 amide bonds. The highest BCUT2D eigenvalue weighted by Crippen LogP contribution is 2.57. The highest BCUT2D eigenvalue weighted by molar-refractivity contribution is 8.03. The number of amides is 2. The van der Waals surface area contributed by atoms with Gasteiger partial charge in [0.05, 0.1) is 24.2 Å². The minimum atomic E-state index is -1.12. The molecule has 7 nitrogen and oxygen atoms in total. The summed E-state index contributed by atoms with van der Waals surface area (Å²) in [5.41, 5.74) is 3.70. The van der Waals surface area contributed by atoms with Gasteiger partial charge in [-0.1, -0.05) is 36.4 Å². The van der Waals surface area contributed by atoms with Crippen LogP contribution in [-0.4, -0.2) is 61.4 Å². The van der Waals surface area contributed by atoms with Crippen LogP contribution in [-0.2, 0) is 14.5 Å². The Balaban J connectivity index is 1.29. The summed E-state index contributed by atoms with van der Waals surface area (Å²) in [5, 5.41) is -0.340. The van der Waals surface area contributed by atoms with Crippen molar-refractivity contribution < 1.29 is 14.3 Å². The quantitative estimate of drug-likeness (QED) is 0.469. The topological polar surface area (TPSA) is 56.3 Å². The van der Waals surface area contributed by atoms with Gasteiger partial charge in [-0.05, 0) is 56.3 Å². The molecule has 2 fully saturated rings. The Bertz CT molecular complexity index is 1330. The summed E-state index contributed by atoms with van der Waals surface area (Å²) in [6.07, 6.45) is 0. The van der Waals surface area contributed by atoms with E-state index in [2.05, 4.69) is 34.1 Å². The van der Waals surface area contributed by atoms with Crippen LogP contribution in [0.25, 0.3) is 0 Å². The van der Waals surface area contributed by atoms with Crippen molar-refractivity contribution in [1.29, 1.82) is 0 Å². The van der Waals surface area contributed by atoms with Crippen LogP contribution < -0.4 is 19.4 Å². The number of benzene rings is 3. The van der Waals surface area contributed by atoms with E-state index in [0.29, 0.717) is 19.0 Å². The monoisotopic (exact) mass is 528 g/mol. The van der Waals surface area contributed by atoms with E-state index in [9.17, 15) is 9.59 Å². The molecule has 2 atom stereocenters. The fraction of sp³-hybridized carbons (Fsp3) is 0.333. The molecule has 3 aliphatic heterocycles. The van der Waals surface area contributed by atoms with E-state index in [1.54, 1.807) is 4.90 Å². The Hall–Kier alpha value is -3.49. The first kappa shape index (κ1) is 24.8. The molecule has 0 aliphatic carbocycles. The molecule has 196 valence electrons. The molecular weight excluding hydrogens is 496 g/mol. The SMILES string of the molecule is CCOc1ccc(N2C(=O)[C@@H](C)S[C@@]23C(=O)N(CN2CCN(c4ccccc4)CC2)c2ccccc23)cc1. The summed E-state index contributed by atoms with van der Waals surface area (Å²) >= 11 is 1.44.